The molecule has 0 bridgehead atoms. The molecule has 0 aliphatic rings. The van der Waals surface area contributed by atoms with E-state index < -0.39 is 11.6 Å². The van der Waals surface area contributed by atoms with Crippen LogP contribution in [0.15, 0.2) is 30.6 Å². The Bertz CT molecular complexity index is 682. The van der Waals surface area contributed by atoms with Crippen LogP contribution in [0.1, 0.15) is 18.1 Å². The molecular weight excluding hydrogens is 304 g/mol. The van der Waals surface area contributed by atoms with Crippen LogP contribution in [0.4, 0.5) is 10.5 Å². The highest BCUT2D eigenvalue weighted by Gasteiger charge is 2.25. The van der Waals surface area contributed by atoms with Crippen LogP contribution < -0.4 is 10.6 Å². The lowest BCUT2D eigenvalue weighted by Crippen LogP contribution is -2.40. The summed E-state index contributed by atoms with van der Waals surface area (Å²) < 4.78 is 1.59. The molecule has 0 saturated heterocycles. The number of aryl methyl sites for hydroxylation is 2. The van der Waals surface area contributed by atoms with Gasteiger partial charge in [-0.05, 0) is 31.5 Å². The molecule has 3 N–H and O–H groups in total. The number of nitrogens with zero attached hydrogens (tertiary/aromatic N) is 2. The highest BCUT2D eigenvalue weighted by atomic mass is 35.5. The average molecular weight is 323 g/mol. The van der Waals surface area contributed by atoms with Crippen molar-refractivity contribution >= 4 is 23.3 Å². The molecule has 2 amide bonds. The van der Waals surface area contributed by atoms with Crippen molar-refractivity contribution in [2.75, 3.05) is 11.9 Å². The Morgan fingerprint density at radius 3 is 2.86 bits per heavy atom. The molecule has 1 atom stereocenters. The number of rotatable bonds is 4. The minimum atomic E-state index is -1.21. The summed E-state index contributed by atoms with van der Waals surface area (Å²) in [5.74, 6) is 0. The van der Waals surface area contributed by atoms with Gasteiger partial charge in [-0.2, -0.15) is 5.10 Å². The molecule has 118 valence electrons. The second kappa shape index (κ2) is 6.37. The van der Waals surface area contributed by atoms with Gasteiger partial charge in [0.2, 0.25) is 0 Å². The van der Waals surface area contributed by atoms with Crippen LogP contribution in [0.5, 0.6) is 0 Å². The number of carbonyl (C=O) groups excluding carboxylic acids is 1. The number of nitrogens with one attached hydrogen (secondary N) is 2. The van der Waals surface area contributed by atoms with Crippen LogP contribution in [0.25, 0.3) is 0 Å². The summed E-state index contributed by atoms with van der Waals surface area (Å²) >= 11 is 6.03. The summed E-state index contributed by atoms with van der Waals surface area (Å²) in [6.45, 7) is 3.57. The van der Waals surface area contributed by atoms with E-state index in [1.807, 2.05) is 13.0 Å². The number of aliphatic hydroxyl groups is 1. The van der Waals surface area contributed by atoms with E-state index >= 15 is 0 Å². The third kappa shape index (κ3) is 3.99. The third-order valence-corrected chi connectivity index (χ3v) is 3.62. The fourth-order valence-electron chi connectivity index (χ4n) is 1.96. The molecule has 6 nitrogen and oxygen atoms in total. The number of amides is 2. The maximum absolute atomic E-state index is 11.9. The van der Waals surface area contributed by atoms with Crippen molar-refractivity contribution in [1.29, 1.82) is 0 Å². The van der Waals surface area contributed by atoms with Crippen molar-refractivity contribution in [3.05, 3.63) is 46.7 Å². The highest BCUT2D eigenvalue weighted by molar-refractivity contribution is 6.33. The summed E-state index contributed by atoms with van der Waals surface area (Å²) in [7, 11) is 1.76. The predicted molar refractivity (Wildman–Crippen MR) is 86.0 cm³/mol. The number of hydrogen-bond acceptors (Lipinski definition) is 3. The summed E-state index contributed by atoms with van der Waals surface area (Å²) in [4.78, 5) is 11.9. The molecule has 2 rings (SSSR count). The maximum atomic E-state index is 11.9. The first-order valence-corrected chi connectivity index (χ1v) is 7.18. The second-order valence-electron chi connectivity index (χ2n) is 5.47. The predicted octanol–water partition coefficient (Wildman–Crippen LogP) is 2.41. The molecule has 0 aliphatic carbocycles. The Labute approximate surface area is 134 Å². The molecule has 0 aliphatic heterocycles. The zero-order chi connectivity index (χ0) is 16.3. The molecule has 0 spiro atoms. The molecule has 22 heavy (non-hydrogen) atoms. The van der Waals surface area contributed by atoms with Crippen molar-refractivity contribution in [3.63, 3.8) is 0 Å². The fraction of sp³-hybridized carbons (Fsp3) is 0.333. The molecular formula is C15H19ClN4O2. The van der Waals surface area contributed by atoms with Crippen molar-refractivity contribution in [2.24, 2.45) is 7.05 Å². The van der Waals surface area contributed by atoms with Gasteiger partial charge in [0.15, 0.2) is 0 Å². The number of benzene rings is 1. The van der Waals surface area contributed by atoms with E-state index in [2.05, 4.69) is 15.7 Å². The lowest BCUT2D eigenvalue weighted by atomic mass is 10.00. The van der Waals surface area contributed by atoms with Gasteiger partial charge in [0.05, 0.1) is 23.5 Å². The van der Waals surface area contributed by atoms with Crippen LogP contribution in [0.3, 0.4) is 0 Å². The van der Waals surface area contributed by atoms with E-state index in [9.17, 15) is 9.90 Å². The van der Waals surface area contributed by atoms with Crippen LogP contribution >= 0.6 is 11.6 Å². The van der Waals surface area contributed by atoms with Crippen molar-refractivity contribution in [1.82, 2.24) is 15.1 Å². The normalized spacial score (nSPS) is 13.5. The molecule has 1 unspecified atom stereocenters. The molecule has 0 fully saturated rings. The van der Waals surface area contributed by atoms with E-state index in [1.165, 1.54) is 0 Å². The molecule has 1 aromatic carbocycles. The topological polar surface area (TPSA) is 79.2 Å². The van der Waals surface area contributed by atoms with E-state index in [4.69, 9.17) is 11.6 Å². The first kappa shape index (κ1) is 16.3. The van der Waals surface area contributed by atoms with Crippen LogP contribution in [-0.4, -0.2) is 27.5 Å². The van der Waals surface area contributed by atoms with Gasteiger partial charge in [-0.1, -0.05) is 17.7 Å². The second-order valence-corrected chi connectivity index (χ2v) is 5.87. The Morgan fingerprint density at radius 1 is 1.50 bits per heavy atom. The minimum Gasteiger partial charge on any atom is -0.383 e. The number of urea groups is 1. The zero-order valence-corrected chi connectivity index (χ0v) is 13.5. The number of halogens is 1. The van der Waals surface area contributed by atoms with Crippen LogP contribution in [-0.2, 0) is 12.6 Å². The van der Waals surface area contributed by atoms with E-state index in [0.717, 1.165) is 5.56 Å². The minimum absolute atomic E-state index is 0.0496. The van der Waals surface area contributed by atoms with Gasteiger partial charge < -0.3 is 15.7 Å². The Balaban J connectivity index is 1.96. The number of carbonyl (C=O) groups is 1. The molecule has 1 aromatic heterocycles. The van der Waals surface area contributed by atoms with Gasteiger partial charge in [-0.15, -0.1) is 0 Å². The lowest BCUT2D eigenvalue weighted by Gasteiger charge is -2.22. The standard InChI is InChI=1S/C15H19ClN4O2/c1-10-4-5-12(16)13(6-10)19-14(21)17-9-15(2,22)11-7-18-20(3)8-11/h4-8,22H,9H2,1-3H3,(H2,17,19,21). The molecule has 0 saturated carbocycles. The van der Waals surface area contributed by atoms with E-state index in [0.29, 0.717) is 16.3 Å². The largest absolute Gasteiger partial charge is 0.383 e. The molecule has 7 heteroatoms. The van der Waals surface area contributed by atoms with Gasteiger partial charge >= 0.3 is 6.03 Å². The zero-order valence-electron chi connectivity index (χ0n) is 12.7. The number of anilines is 1. The maximum Gasteiger partial charge on any atom is 0.319 e. The van der Waals surface area contributed by atoms with Gasteiger partial charge in [-0.3, -0.25) is 4.68 Å². The van der Waals surface area contributed by atoms with Gasteiger partial charge in [0.25, 0.3) is 0 Å². The SMILES string of the molecule is Cc1ccc(Cl)c(NC(=O)NCC(C)(O)c2cnn(C)c2)c1. The molecule has 2 aromatic rings. The summed E-state index contributed by atoms with van der Waals surface area (Å²) in [6.07, 6.45) is 3.27. The first-order valence-electron chi connectivity index (χ1n) is 6.80. The Kier molecular flexibility index (Phi) is 4.73. The van der Waals surface area contributed by atoms with Gasteiger partial charge in [0.1, 0.15) is 5.60 Å². The quantitative estimate of drug-likeness (QED) is 0.808. The fourth-order valence-corrected chi connectivity index (χ4v) is 2.12. The van der Waals surface area contributed by atoms with Crippen molar-refractivity contribution < 1.29 is 9.90 Å². The summed E-state index contributed by atoms with van der Waals surface area (Å²) in [5.41, 5.74) is 0.938. The first-order chi connectivity index (χ1) is 10.3. The molecule has 1 heterocycles. The molecule has 0 radical (unpaired) electrons. The van der Waals surface area contributed by atoms with Crippen LogP contribution in [0, 0.1) is 6.92 Å². The van der Waals surface area contributed by atoms with E-state index in [1.54, 1.807) is 43.2 Å². The number of hydrogen-bond donors (Lipinski definition) is 3. The summed E-state index contributed by atoms with van der Waals surface area (Å²) in [6, 6.07) is 4.93. The third-order valence-electron chi connectivity index (χ3n) is 3.29. The van der Waals surface area contributed by atoms with E-state index in [-0.39, 0.29) is 6.54 Å². The van der Waals surface area contributed by atoms with Crippen molar-refractivity contribution in [3.8, 4) is 0 Å². The monoisotopic (exact) mass is 322 g/mol. The van der Waals surface area contributed by atoms with Gasteiger partial charge in [-0.25, -0.2) is 4.79 Å². The Hall–Kier alpha value is -2.05. The smallest absolute Gasteiger partial charge is 0.319 e. The van der Waals surface area contributed by atoms with Gasteiger partial charge in [0, 0.05) is 18.8 Å². The lowest BCUT2D eigenvalue weighted by molar-refractivity contribution is 0.0599. The number of aromatic nitrogens is 2. The summed E-state index contributed by atoms with van der Waals surface area (Å²) in [5, 5.41) is 20.2. The Morgan fingerprint density at radius 2 is 2.23 bits per heavy atom. The average Bonchev–Trinajstić information content (AvgIpc) is 2.88. The highest BCUT2D eigenvalue weighted by Crippen LogP contribution is 2.23. The van der Waals surface area contributed by atoms with Crippen LogP contribution in [0.2, 0.25) is 5.02 Å². The van der Waals surface area contributed by atoms with Crippen molar-refractivity contribution in [2.45, 2.75) is 19.4 Å².